The van der Waals surface area contributed by atoms with Gasteiger partial charge in [0, 0.05) is 67.0 Å². The second-order valence-corrected chi connectivity index (χ2v) is 26.5. The van der Waals surface area contributed by atoms with E-state index < -0.39 is 0 Å². The lowest BCUT2D eigenvalue weighted by Crippen LogP contribution is -2.11. The highest BCUT2D eigenvalue weighted by Gasteiger charge is 2.23. The van der Waals surface area contributed by atoms with Gasteiger partial charge in [0.05, 0.1) is 22.7 Å². The molecule has 18 aromatic rings. The van der Waals surface area contributed by atoms with Gasteiger partial charge >= 0.3 is 0 Å². The molecule has 0 N–H and O–H groups in total. The molecule has 4 nitrogen and oxygen atoms in total. The van der Waals surface area contributed by atoms with E-state index in [0.29, 0.717) is 0 Å². The Balaban J connectivity index is 0.674. The van der Waals surface area contributed by atoms with Crippen molar-refractivity contribution in [3.8, 4) is 55.6 Å². The predicted octanol–water partition coefficient (Wildman–Crippen LogP) is 28.5. The highest BCUT2D eigenvalue weighted by Crippen LogP contribution is 2.47. The predicted molar refractivity (Wildman–Crippen MR) is 442 cm³/mol. The Hall–Kier alpha value is -13.8. The van der Waals surface area contributed by atoms with Crippen LogP contribution >= 0.6 is 0 Å². The van der Waals surface area contributed by atoms with Crippen molar-refractivity contribution in [2.75, 3.05) is 19.6 Å². The third-order valence-corrected chi connectivity index (χ3v) is 20.2. The maximum absolute atomic E-state index is 2.41. The largest absolute Gasteiger partial charge is 0.310 e. The molecule has 0 saturated heterocycles. The van der Waals surface area contributed by atoms with Crippen molar-refractivity contribution in [3.05, 3.63) is 425 Å². The van der Waals surface area contributed by atoms with Gasteiger partial charge in [-0.3, -0.25) is 0 Å². The van der Waals surface area contributed by atoms with Gasteiger partial charge in [-0.1, -0.05) is 291 Å². The Bertz CT molecular complexity index is 6040. The standard InChI is InChI=1S/C100H70N4/c1-5-22-71(23-6-1)73-42-55-88(56-43-73)102(98-40-20-30-80-27-14-17-37-94(80)98)89-61-48-76(49-62-89)77-50-63-91(64-51-77)103(90-57-44-74(45-58-90)72-24-7-2-8-25-72)99-41-21-31-83-68-81(54-67-96(83)99)84-69-82-28-15-18-38-95(82)100(70-84)104(86-34-11-4-12-35-86)92-65-52-78(53-66-92)75-46-59-87(60-47-75)101(85-32-9-3-10-33-85)97-39-19-29-79-26-13-16-36-93(79)97/h1-70H. The van der Waals surface area contributed by atoms with Crippen molar-refractivity contribution >= 4 is 111 Å². The molecule has 0 amide bonds. The summed E-state index contributed by atoms with van der Waals surface area (Å²) in [6.07, 6.45) is 0. The molecule has 0 unspecified atom stereocenters. The SMILES string of the molecule is c1ccc(-c2ccc(N(c3ccc(-c4ccc(N(c5ccc(-c6ccccc6)cc5)c5cccc6cc(-c7cc(N(c8ccccc8)c8ccc(-c9ccc(N(c%10ccccc%10)c%10cccc%11ccccc%10%11)cc9)cc8)c8ccccc8c7)ccc56)cc4)cc3)c3cccc4ccccc34)cc2)cc1. The third-order valence-electron chi connectivity index (χ3n) is 20.2. The summed E-state index contributed by atoms with van der Waals surface area (Å²) in [6, 6.07) is 154. The fourth-order valence-electron chi connectivity index (χ4n) is 15.0. The van der Waals surface area contributed by atoms with E-state index in [-0.39, 0.29) is 0 Å². The van der Waals surface area contributed by atoms with E-state index in [9.17, 15) is 0 Å². The molecule has 18 aromatic carbocycles. The number of rotatable bonds is 17. The van der Waals surface area contributed by atoms with Crippen molar-refractivity contribution in [2.45, 2.75) is 0 Å². The van der Waals surface area contributed by atoms with Gasteiger partial charge in [0.25, 0.3) is 0 Å². The Morgan fingerprint density at radius 1 is 0.115 bits per heavy atom. The topological polar surface area (TPSA) is 13.0 Å². The molecule has 0 radical (unpaired) electrons. The van der Waals surface area contributed by atoms with Gasteiger partial charge in [0.1, 0.15) is 0 Å². The van der Waals surface area contributed by atoms with Gasteiger partial charge in [-0.15, -0.1) is 0 Å². The smallest absolute Gasteiger partial charge is 0.0546 e. The first-order valence-corrected chi connectivity index (χ1v) is 35.6. The van der Waals surface area contributed by atoms with E-state index in [1.54, 1.807) is 0 Å². The maximum Gasteiger partial charge on any atom is 0.0546 e. The van der Waals surface area contributed by atoms with Crippen LogP contribution in [0.15, 0.2) is 425 Å². The molecule has 490 valence electrons. The molecule has 0 spiro atoms. The number of para-hydroxylation sites is 2. The number of hydrogen-bond acceptors (Lipinski definition) is 4. The van der Waals surface area contributed by atoms with Gasteiger partial charge in [-0.2, -0.15) is 0 Å². The Morgan fingerprint density at radius 2 is 0.337 bits per heavy atom. The minimum Gasteiger partial charge on any atom is -0.310 e. The van der Waals surface area contributed by atoms with Crippen molar-refractivity contribution < 1.29 is 0 Å². The van der Waals surface area contributed by atoms with Gasteiger partial charge in [-0.25, -0.2) is 0 Å². The molecule has 0 aromatic heterocycles. The normalized spacial score (nSPS) is 11.3. The summed E-state index contributed by atoms with van der Waals surface area (Å²) in [5, 5.41) is 9.43. The molecule has 4 heteroatoms. The van der Waals surface area contributed by atoms with E-state index in [1.807, 2.05) is 0 Å². The van der Waals surface area contributed by atoms with Crippen LogP contribution in [-0.4, -0.2) is 0 Å². The zero-order valence-electron chi connectivity index (χ0n) is 57.2. The summed E-state index contributed by atoms with van der Waals surface area (Å²) < 4.78 is 0. The van der Waals surface area contributed by atoms with Crippen LogP contribution in [0.5, 0.6) is 0 Å². The summed E-state index contributed by atoms with van der Waals surface area (Å²) in [5.41, 5.74) is 24.7. The highest BCUT2D eigenvalue weighted by atomic mass is 15.2. The highest BCUT2D eigenvalue weighted by molar-refractivity contribution is 6.06. The van der Waals surface area contributed by atoms with Gasteiger partial charge in [-0.05, 0) is 211 Å². The molecule has 0 fully saturated rings. The summed E-state index contributed by atoms with van der Waals surface area (Å²) in [7, 11) is 0. The van der Waals surface area contributed by atoms with Gasteiger partial charge < -0.3 is 19.6 Å². The number of anilines is 12. The zero-order valence-corrected chi connectivity index (χ0v) is 57.2. The van der Waals surface area contributed by atoms with Gasteiger partial charge in [0.15, 0.2) is 0 Å². The second kappa shape index (κ2) is 27.7. The minimum atomic E-state index is 1.06. The Kier molecular flexibility index (Phi) is 16.6. The fourth-order valence-corrected chi connectivity index (χ4v) is 15.0. The van der Waals surface area contributed by atoms with Crippen LogP contribution < -0.4 is 19.6 Å². The second-order valence-electron chi connectivity index (χ2n) is 26.5. The van der Waals surface area contributed by atoms with Crippen LogP contribution in [0.25, 0.3) is 98.7 Å². The molecule has 104 heavy (non-hydrogen) atoms. The number of nitrogens with zero attached hydrogens (tertiary/aromatic N) is 4. The number of fused-ring (bicyclic) bond motifs is 4. The van der Waals surface area contributed by atoms with Crippen molar-refractivity contribution in [1.29, 1.82) is 0 Å². The number of hydrogen-bond donors (Lipinski definition) is 0. The monoisotopic (exact) mass is 1330 g/mol. The summed E-state index contributed by atoms with van der Waals surface area (Å²) in [5.74, 6) is 0. The maximum atomic E-state index is 2.41. The molecule has 0 atom stereocenters. The van der Waals surface area contributed by atoms with Crippen LogP contribution in [-0.2, 0) is 0 Å². The molecule has 0 heterocycles. The molecule has 0 saturated carbocycles. The lowest BCUT2D eigenvalue weighted by molar-refractivity contribution is 1.29. The summed E-state index contributed by atoms with van der Waals surface area (Å²) in [6.45, 7) is 0. The fraction of sp³-hybridized carbons (Fsp3) is 0. The quantitative estimate of drug-likeness (QED) is 0.0901. The van der Waals surface area contributed by atoms with E-state index >= 15 is 0 Å². The van der Waals surface area contributed by atoms with Crippen LogP contribution in [0.4, 0.5) is 68.2 Å². The molecule has 0 aliphatic carbocycles. The molecule has 0 aliphatic heterocycles. The average Bonchev–Trinajstić information content (AvgIpc) is 0.786. The van der Waals surface area contributed by atoms with Crippen molar-refractivity contribution in [1.82, 2.24) is 0 Å². The molecular weight excluding hydrogens is 1260 g/mol. The lowest BCUT2D eigenvalue weighted by Gasteiger charge is -2.28. The zero-order chi connectivity index (χ0) is 69.1. The molecule has 18 rings (SSSR count). The average molecular weight is 1330 g/mol. The van der Waals surface area contributed by atoms with E-state index in [0.717, 1.165) is 118 Å². The first kappa shape index (κ1) is 62.5. The Morgan fingerprint density at radius 3 is 0.683 bits per heavy atom. The van der Waals surface area contributed by atoms with E-state index in [4.69, 9.17) is 0 Å². The van der Waals surface area contributed by atoms with E-state index in [2.05, 4.69) is 444 Å². The third kappa shape index (κ3) is 12.2. The summed E-state index contributed by atoms with van der Waals surface area (Å²) >= 11 is 0. The summed E-state index contributed by atoms with van der Waals surface area (Å²) in [4.78, 5) is 9.56. The molecule has 0 bridgehead atoms. The molecular formula is C100H70N4. The Labute approximate surface area is 607 Å². The minimum absolute atomic E-state index is 1.06. The van der Waals surface area contributed by atoms with Gasteiger partial charge in [0.2, 0.25) is 0 Å². The lowest BCUT2D eigenvalue weighted by atomic mass is 9.95. The number of benzene rings is 18. The van der Waals surface area contributed by atoms with Crippen LogP contribution in [0, 0.1) is 0 Å². The molecule has 0 aliphatic rings. The first-order chi connectivity index (χ1) is 51.6. The first-order valence-electron chi connectivity index (χ1n) is 35.6. The van der Waals surface area contributed by atoms with Crippen molar-refractivity contribution in [2.24, 2.45) is 0 Å². The van der Waals surface area contributed by atoms with Crippen LogP contribution in [0.2, 0.25) is 0 Å². The van der Waals surface area contributed by atoms with E-state index in [1.165, 1.54) is 49.2 Å². The van der Waals surface area contributed by atoms with Crippen molar-refractivity contribution in [3.63, 3.8) is 0 Å². The van der Waals surface area contributed by atoms with Crippen LogP contribution in [0.3, 0.4) is 0 Å². The van der Waals surface area contributed by atoms with Crippen LogP contribution in [0.1, 0.15) is 0 Å².